The van der Waals surface area contributed by atoms with E-state index in [-0.39, 0.29) is 16.8 Å². The molecule has 3 rings (SSSR count). The van der Waals surface area contributed by atoms with Gasteiger partial charge >= 0.3 is 0 Å². The average Bonchev–Trinajstić information content (AvgIpc) is 3.00. The van der Waals surface area contributed by atoms with Crippen LogP contribution in [0, 0.1) is 5.82 Å². The molecule has 1 aliphatic heterocycles. The summed E-state index contributed by atoms with van der Waals surface area (Å²) < 4.78 is 13.1. The summed E-state index contributed by atoms with van der Waals surface area (Å²) in [6.45, 7) is 3.95. The first-order chi connectivity index (χ1) is 12.3. The number of halogens is 2. The first-order valence-corrected chi connectivity index (χ1v) is 8.66. The zero-order valence-corrected chi connectivity index (χ0v) is 15.2. The molecule has 2 N–H and O–H groups in total. The second-order valence-electron chi connectivity index (χ2n) is 6.24. The van der Waals surface area contributed by atoms with Crippen molar-refractivity contribution in [2.75, 3.05) is 22.1 Å². The van der Waals surface area contributed by atoms with E-state index in [4.69, 9.17) is 11.6 Å². The minimum absolute atomic E-state index is 0.0216. The Balaban J connectivity index is 1.67. The Kier molecular flexibility index (Phi) is 5.13. The second-order valence-corrected chi connectivity index (χ2v) is 6.65. The molecule has 0 saturated carbocycles. The van der Waals surface area contributed by atoms with Crippen LogP contribution in [-0.2, 0) is 16.0 Å². The highest BCUT2D eigenvalue weighted by Gasteiger charge is 2.23. The van der Waals surface area contributed by atoms with Gasteiger partial charge in [-0.05, 0) is 55.3 Å². The van der Waals surface area contributed by atoms with Crippen LogP contribution in [0.15, 0.2) is 36.4 Å². The molecule has 26 heavy (non-hydrogen) atoms. The van der Waals surface area contributed by atoms with Crippen molar-refractivity contribution in [3.8, 4) is 0 Å². The molecule has 0 spiro atoms. The molecule has 1 aliphatic rings. The Morgan fingerprint density at radius 1 is 1.23 bits per heavy atom. The van der Waals surface area contributed by atoms with Gasteiger partial charge < -0.3 is 15.5 Å². The van der Waals surface area contributed by atoms with Crippen LogP contribution in [0.3, 0.4) is 0 Å². The Morgan fingerprint density at radius 2 is 2.00 bits per heavy atom. The molecule has 1 atom stereocenters. The van der Waals surface area contributed by atoms with Crippen LogP contribution in [0.4, 0.5) is 21.5 Å². The molecule has 7 heteroatoms. The van der Waals surface area contributed by atoms with E-state index in [1.807, 2.05) is 18.2 Å². The summed E-state index contributed by atoms with van der Waals surface area (Å²) in [5, 5.41) is 5.96. The summed E-state index contributed by atoms with van der Waals surface area (Å²) in [6, 6.07) is 8.96. The van der Waals surface area contributed by atoms with Crippen molar-refractivity contribution in [1.29, 1.82) is 0 Å². The Bertz CT molecular complexity index is 872. The highest BCUT2D eigenvalue weighted by molar-refractivity contribution is 6.33. The Morgan fingerprint density at radius 3 is 2.69 bits per heavy atom. The quantitative estimate of drug-likeness (QED) is 0.853. The number of hydrogen-bond acceptors (Lipinski definition) is 3. The van der Waals surface area contributed by atoms with Crippen molar-refractivity contribution in [2.45, 2.75) is 26.3 Å². The van der Waals surface area contributed by atoms with E-state index < -0.39 is 11.9 Å². The van der Waals surface area contributed by atoms with Gasteiger partial charge in [-0.2, -0.15) is 0 Å². The molecule has 0 fully saturated rings. The highest BCUT2D eigenvalue weighted by atomic mass is 35.5. The fourth-order valence-electron chi connectivity index (χ4n) is 2.97. The lowest BCUT2D eigenvalue weighted by atomic mass is 10.1. The maximum Gasteiger partial charge on any atom is 0.246 e. The number of benzene rings is 2. The van der Waals surface area contributed by atoms with Gasteiger partial charge in [-0.25, -0.2) is 4.39 Å². The van der Waals surface area contributed by atoms with E-state index in [0.29, 0.717) is 12.2 Å². The molecule has 2 amide bonds. The fraction of sp³-hybridized carbons (Fsp3) is 0.263. The van der Waals surface area contributed by atoms with Gasteiger partial charge in [0.2, 0.25) is 11.8 Å². The number of rotatable bonds is 4. The average molecular weight is 376 g/mol. The van der Waals surface area contributed by atoms with Crippen LogP contribution >= 0.6 is 11.6 Å². The maximum absolute atomic E-state index is 13.1. The van der Waals surface area contributed by atoms with Crippen molar-refractivity contribution < 1.29 is 14.0 Å². The minimum Gasteiger partial charge on any atom is -0.374 e. The number of nitrogens with zero attached hydrogens (tertiary/aromatic N) is 1. The van der Waals surface area contributed by atoms with Crippen molar-refractivity contribution in [2.24, 2.45) is 0 Å². The van der Waals surface area contributed by atoms with Crippen molar-refractivity contribution >= 4 is 40.5 Å². The summed E-state index contributed by atoms with van der Waals surface area (Å²) in [5.74, 6) is -0.727. The largest absolute Gasteiger partial charge is 0.374 e. The van der Waals surface area contributed by atoms with E-state index in [0.717, 1.165) is 29.4 Å². The van der Waals surface area contributed by atoms with Crippen LogP contribution in [0.1, 0.15) is 19.4 Å². The molecule has 2 aromatic rings. The zero-order chi connectivity index (χ0) is 18.8. The number of carbonyl (C=O) groups is 2. The summed E-state index contributed by atoms with van der Waals surface area (Å²) in [7, 11) is 0. The molecule has 2 aromatic carbocycles. The number of hydrogen-bond donors (Lipinski definition) is 2. The monoisotopic (exact) mass is 375 g/mol. The van der Waals surface area contributed by atoms with Crippen molar-refractivity contribution in [3.05, 3.63) is 52.8 Å². The summed E-state index contributed by atoms with van der Waals surface area (Å²) >= 11 is 5.93. The number of anilines is 3. The first kappa shape index (κ1) is 18.2. The molecule has 0 radical (unpaired) electrons. The van der Waals surface area contributed by atoms with E-state index in [9.17, 15) is 14.0 Å². The summed E-state index contributed by atoms with van der Waals surface area (Å²) in [5.41, 5.74) is 3.14. The van der Waals surface area contributed by atoms with Crippen molar-refractivity contribution in [1.82, 2.24) is 0 Å². The molecule has 0 saturated heterocycles. The number of nitrogens with one attached hydrogen (secondary N) is 2. The molecule has 0 unspecified atom stereocenters. The zero-order valence-electron chi connectivity index (χ0n) is 14.5. The summed E-state index contributed by atoms with van der Waals surface area (Å²) in [4.78, 5) is 25.7. The fourth-order valence-corrected chi connectivity index (χ4v) is 3.18. The number of fused-ring (bicyclic) bond motifs is 1. The van der Waals surface area contributed by atoms with Gasteiger partial charge in [-0.15, -0.1) is 0 Å². The van der Waals surface area contributed by atoms with Gasteiger partial charge in [0.1, 0.15) is 11.9 Å². The number of carbonyl (C=O) groups excluding carboxylic acids is 2. The van der Waals surface area contributed by atoms with Crippen LogP contribution in [0.25, 0.3) is 0 Å². The smallest absolute Gasteiger partial charge is 0.246 e. The van der Waals surface area contributed by atoms with E-state index >= 15 is 0 Å². The van der Waals surface area contributed by atoms with Gasteiger partial charge in [0.05, 0.1) is 10.7 Å². The Labute approximate surface area is 156 Å². The van der Waals surface area contributed by atoms with Gasteiger partial charge in [-0.3, -0.25) is 9.59 Å². The van der Waals surface area contributed by atoms with E-state index in [2.05, 4.69) is 10.6 Å². The molecule has 5 nitrogen and oxygen atoms in total. The normalized spacial score (nSPS) is 13.9. The SMILES string of the molecule is CC(=O)N1CCc2cc(N[C@@H](C)C(=O)Nc3ccc(F)cc3Cl)ccc21. The lowest BCUT2D eigenvalue weighted by Crippen LogP contribution is -2.32. The first-order valence-electron chi connectivity index (χ1n) is 8.28. The minimum atomic E-state index is -0.528. The van der Waals surface area contributed by atoms with Crippen LogP contribution < -0.4 is 15.5 Å². The highest BCUT2D eigenvalue weighted by Crippen LogP contribution is 2.30. The predicted molar refractivity (Wildman–Crippen MR) is 101 cm³/mol. The van der Waals surface area contributed by atoms with Crippen LogP contribution in [-0.4, -0.2) is 24.4 Å². The van der Waals surface area contributed by atoms with Crippen LogP contribution in [0.2, 0.25) is 5.02 Å². The molecule has 0 bridgehead atoms. The standard InChI is InChI=1S/C19H19ClFN3O2/c1-11(19(26)23-17-5-3-14(21)10-16(17)20)22-15-4-6-18-13(9-15)7-8-24(18)12(2)25/h3-6,9-11,22H,7-8H2,1-2H3,(H,23,26)/t11-/m0/s1. The molecule has 0 aromatic heterocycles. The van der Waals surface area contributed by atoms with E-state index in [1.165, 1.54) is 12.1 Å². The van der Waals surface area contributed by atoms with Crippen molar-refractivity contribution in [3.63, 3.8) is 0 Å². The van der Waals surface area contributed by atoms with Gasteiger partial charge in [0.15, 0.2) is 0 Å². The third-order valence-corrected chi connectivity index (χ3v) is 4.63. The predicted octanol–water partition coefficient (Wildman–Crippen LogP) is 3.83. The van der Waals surface area contributed by atoms with Gasteiger partial charge in [-0.1, -0.05) is 11.6 Å². The molecular formula is C19H19ClFN3O2. The molecule has 0 aliphatic carbocycles. The second kappa shape index (κ2) is 7.33. The molecule has 1 heterocycles. The lowest BCUT2D eigenvalue weighted by molar-refractivity contribution is -0.117. The molecule has 136 valence electrons. The lowest BCUT2D eigenvalue weighted by Gasteiger charge is -2.18. The van der Waals surface area contributed by atoms with Gasteiger partial charge in [0.25, 0.3) is 0 Å². The van der Waals surface area contributed by atoms with E-state index in [1.54, 1.807) is 18.7 Å². The molecular weight excluding hydrogens is 357 g/mol. The van der Waals surface area contributed by atoms with Crippen LogP contribution in [0.5, 0.6) is 0 Å². The Hall–Kier alpha value is -2.60. The third kappa shape index (κ3) is 3.80. The maximum atomic E-state index is 13.1. The third-order valence-electron chi connectivity index (χ3n) is 4.32. The topological polar surface area (TPSA) is 61.4 Å². The van der Waals surface area contributed by atoms with Gasteiger partial charge in [0, 0.05) is 24.8 Å². The number of amides is 2. The summed E-state index contributed by atoms with van der Waals surface area (Å²) in [6.07, 6.45) is 0.788.